The topological polar surface area (TPSA) is 45.9 Å². The van der Waals surface area contributed by atoms with E-state index < -0.39 is 15.1 Å². The second-order valence-corrected chi connectivity index (χ2v) is 11.1. The molecule has 12 heteroatoms. The van der Waals surface area contributed by atoms with Crippen LogP contribution >= 0.6 is 10.2 Å². The molecule has 5 rings (SSSR count). The molecule has 0 unspecified atom stereocenters. The molecule has 1 fully saturated rings. The molecule has 0 saturated carbocycles. The number of hydrogen-bond acceptors (Lipinski definition) is 5. The fraction of sp³-hybridized carbons (Fsp3) is 0.250. The van der Waals surface area contributed by atoms with Gasteiger partial charge in [0.2, 0.25) is 0 Å². The minimum Gasteiger partial charge on any atom is -0.495 e. The van der Waals surface area contributed by atoms with Gasteiger partial charge >= 0.3 is 10.2 Å². The summed E-state index contributed by atoms with van der Waals surface area (Å²) in [6.07, 6.45) is 7.21. The number of rotatable bonds is 5. The normalized spacial score (nSPS) is 19.1. The number of ether oxygens (including phenoxy) is 1. The van der Waals surface area contributed by atoms with Gasteiger partial charge in [-0.05, 0) is 73.4 Å². The molecule has 2 aromatic carbocycles. The fourth-order valence-electron chi connectivity index (χ4n) is 4.42. The Balaban J connectivity index is 1.39. The van der Waals surface area contributed by atoms with E-state index in [9.17, 15) is 19.4 Å². The summed E-state index contributed by atoms with van der Waals surface area (Å²) in [4.78, 5) is 6.95. The Morgan fingerprint density at radius 1 is 1.00 bits per heavy atom. The molecular weight excluding hydrogens is 501 g/mol. The van der Waals surface area contributed by atoms with Crippen molar-refractivity contribution in [2.45, 2.75) is 24.7 Å². The molecule has 0 radical (unpaired) electrons. The van der Waals surface area contributed by atoms with E-state index in [0.717, 1.165) is 47.5 Å². The number of nitrogens with zero attached hydrogens (tertiary/aromatic N) is 5. The van der Waals surface area contributed by atoms with E-state index in [-0.39, 0.29) is 6.67 Å². The van der Waals surface area contributed by atoms with E-state index in [1.165, 1.54) is 0 Å². The maximum Gasteiger partial charge on any atom is 0.310 e. The summed E-state index contributed by atoms with van der Waals surface area (Å²) in [5, 5.41) is 3.58. The van der Waals surface area contributed by atoms with E-state index in [1.54, 1.807) is 18.4 Å². The highest BCUT2D eigenvalue weighted by molar-refractivity contribution is 8.45. The number of fused-ring (bicyclic) bond motifs is 1. The molecular formula is C24H24F5N5OS. The Bertz CT molecular complexity index is 1380. The molecule has 0 spiro atoms. The third kappa shape index (κ3) is 4.64. The van der Waals surface area contributed by atoms with Crippen molar-refractivity contribution in [1.29, 1.82) is 0 Å². The summed E-state index contributed by atoms with van der Waals surface area (Å²) >= 11 is 0. The number of aryl methyl sites for hydroxylation is 1. The summed E-state index contributed by atoms with van der Waals surface area (Å²) in [5.74, 6) is 1.39. The van der Waals surface area contributed by atoms with Crippen molar-refractivity contribution in [1.82, 2.24) is 14.6 Å². The molecule has 3 heterocycles. The number of hydrazine groups is 1. The number of imidazole rings is 1. The summed E-state index contributed by atoms with van der Waals surface area (Å²) in [5.41, 5.74) is 3.98. The van der Waals surface area contributed by atoms with E-state index >= 15 is 0 Å². The lowest BCUT2D eigenvalue weighted by Crippen LogP contribution is -2.45. The largest absolute Gasteiger partial charge is 0.495 e. The van der Waals surface area contributed by atoms with Crippen LogP contribution in [0.15, 0.2) is 70.4 Å². The van der Waals surface area contributed by atoms with Gasteiger partial charge in [-0.25, -0.2) is 9.98 Å². The van der Waals surface area contributed by atoms with Crippen molar-refractivity contribution in [3.8, 4) is 11.4 Å². The molecule has 0 atom stereocenters. The Hall–Kier alpha value is -3.54. The number of benzene rings is 2. The molecule has 1 saturated heterocycles. The minimum absolute atomic E-state index is 0.185. The number of halogens is 5. The molecule has 192 valence electrons. The molecule has 3 aromatic rings. The van der Waals surface area contributed by atoms with Crippen molar-refractivity contribution in [2.75, 3.05) is 25.3 Å². The third-order valence-electron chi connectivity index (χ3n) is 6.11. The van der Waals surface area contributed by atoms with Gasteiger partial charge in [-0.2, -0.15) is 0 Å². The highest BCUT2D eigenvalue weighted by Gasteiger charge is 2.65. The van der Waals surface area contributed by atoms with Crippen molar-refractivity contribution in [2.24, 2.45) is 4.99 Å². The Morgan fingerprint density at radius 2 is 1.75 bits per heavy atom. The summed E-state index contributed by atoms with van der Waals surface area (Å²) in [6, 6.07) is 8.82. The molecule has 1 aromatic heterocycles. The quantitative estimate of drug-likeness (QED) is 0.333. The number of aliphatic imine (C=N–C) groups is 1. The van der Waals surface area contributed by atoms with Gasteiger partial charge in [0.25, 0.3) is 0 Å². The molecule has 0 amide bonds. The number of amidine groups is 1. The van der Waals surface area contributed by atoms with Gasteiger partial charge in [0.1, 0.15) is 23.1 Å². The van der Waals surface area contributed by atoms with Crippen molar-refractivity contribution < 1.29 is 24.2 Å². The summed E-state index contributed by atoms with van der Waals surface area (Å²) in [7, 11) is -8.12. The van der Waals surface area contributed by atoms with Crippen LogP contribution in [0.4, 0.5) is 25.1 Å². The Morgan fingerprint density at radius 3 is 2.39 bits per heavy atom. The maximum atomic E-state index is 13.1. The van der Waals surface area contributed by atoms with Crippen LogP contribution in [0.2, 0.25) is 0 Å². The lowest BCUT2D eigenvalue weighted by atomic mass is 10.0. The standard InChI is InChI=1S/C24H24F5N5OS/c1-17-14-32(15-30-17)22-10-5-18(13-23(22)35-2)12-19-4-3-11-33-24(19)31-16-34(33)20-6-8-21(9-7-20)36(25,26,27,28)29/h5-10,12-15H,3-4,11,16H2,1-2H3. The third-order valence-corrected chi connectivity index (χ3v) is 7.27. The van der Waals surface area contributed by atoms with Crippen LogP contribution in [-0.4, -0.2) is 40.7 Å². The van der Waals surface area contributed by atoms with E-state index in [0.29, 0.717) is 36.0 Å². The van der Waals surface area contributed by atoms with E-state index in [2.05, 4.69) is 9.98 Å². The van der Waals surface area contributed by atoms with Crippen LogP contribution in [0.5, 0.6) is 5.75 Å². The number of hydrogen-bond donors (Lipinski definition) is 0. The van der Waals surface area contributed by atoms with E-state index in [1.807, 2.05) is 47.0 Å². The second-order valence-electron chi connectivity index (χ2n) is 8.74. The van der Waals surface area contributed by atoms with Gasteiger partial charge in [0.15, 0.2) is 0 Å². The van der Waals surface area contributed by atoms with Gasteiger partial charge in [-0.15, -0.1) is 0 Å². The van der Waals surface area contributed by atoms with Gasteiger partial charge in [-0.1, -0.05) is 25.5 Å². The Labute approximate surface area is 205 Å². The zero-order valence-electron chi connectivity index (χ0n) is 19.5. The van der Waals surface area contributed by atoms with Gasteiger partial charge in [0.05, 0.1) is 30.5 Å². The van der Waals surface area contributed by atoms with Crippen LogP contribution < -0.4 is 9.75 Å². The average molecular weight is 526 g/mol. The van der Waals surface area contributed by atoms with Gasteiger partial charge < -0.3 is 9.30 Å². The molecule has 0 aliphatic carbocycles. The molecule has 36 heavy (non-hydrogen) atoms. The highest BCUT2D eigenvalue weighted by Crippen LogP contribution is 3.02. The van der Waals surface area contributed by atoms with Crippen LogP contribution in [-0.2, 0) is 0 Å². The number of methoxy groups -OCH3 is 1. The Kier molecular flexibility index (Phi) is 5.19. The van der Waals surface area contributed by atoms with Gasteiger partial charge in [-0.3, -0.25) is 10.0 Å². The first-order chi connectivity index (χ1) is 16.8. The maximum absolute atomic E-state index is 13.1. The van der Waals surface area contributed by atoms with Crippen LogP contribution in [0.1, 0.15) is 24.1 Å². The molecule has 0 N–H and O–H groups in total. The van der Waals surface area contributed by atoms with Crippen molar-refractivity contribution in [3.05, 3.63) is 71.8 Å². The van der Waals surface area contributed by atoms with Crippen molar-refractivity contribution in [3.63, 3.8) is 0 Å². The lowest BCUT2D eigenvalue weighted by Gasteiger charge is -2.41. The molecule has 2 aliphatic heterocycles. The average Bonchev–Trinajstić information content (AvgIpc) is 3.44. The molecule has 0 bridgehead atoms. The first-order valence-corrected chi connectivity index (χ1v) is 13.1. The van der Waals surface area contributed by atoms with Crippen LogP contribution in [0.3, 0.4) is 0 Å². The lowest BCUT2D eigenvalue weighted by molar-refractivity contribution is 0.363. The summed E-state index contributed by atoms with van der Waals surface area (Å²) < 4.78 is 72.9. The molecule has 2 aliphatic rings. The zero-order valence-corrected chi connectivity index (χ0v) is 20.4. The fourth-order valence-corrected chi connectivity index (χ4v) is 5.07. The monoisotopic (exact) mass is 525 g/mol. The number of anilines is 1. The van der Waals surface area contributed by atoms with Gasteiger partial charge in [0, 0.05) is 12.7 Å². The van der Waals surface area contributed by atoms with Crippen molar-refractivity contribution >= 4 is 27.8 Å². The number of piperidine rings is 1. The first-order valence-electron chi connectivity index (χ1n) is 11.2. The summed E-state index contributed by atoms with van der Waals surface area (Å²) in [6.45, 7) is 2.70. The van der Waals surface area contributed by atoms with Crippen LogP contribution in [0.25, 0.3) is 11.8 Å². The predicted octanol–water partition coefficient (Wildman–Crippen LogP) is 7.12. The SMILES string of the molecule is COc1cc(C=C2CCCN3C2=NCN3c2ccc(S(F)(F)(F)(F)F)cc2)ccc1-n1cnc(C)c1. The zero-order chi connectivity index (χ0) is 25.8. The smallest absolute Gasteiger partial charge is 0.310 e. The van der Waals surface area contributed by atoms with Crippen LogP contribution in [0, 0.1) is 6.92 Å². The number of aromatic nitrogens is 2. The van der Waals surface area contributed by atoms with E-state index in [4.69, 9.17) is 4.74 Å². The molecule has 6 nitrogen and oxygen atoms in total. The highest BCUT2D eigenvalue weighted by atomic mass is 32.5. The second kappa shape index (κ2) is 7.73. The predicted molar refractivity (Wildman–Crippen MR) is 131 cm³/mol. The minimum atomic E-state index is -9.71. The first kappa shape index (κ1) is 24.2.